The van der Waals surface area contributed by atoms with Gasteiger partial charge in [-0.1, -0.05) is 13.8 Å². The number of rotatable bonds is 5. The maximum atomic E-state index is 4.34. The molecule has 18 heavy (non-hydrogen) atoms. The van der Waals surface area contributed by atoms with E-state index in [2.05, 4.69) is 46.4 Å². The Kier molecular flexibility index (Phi) is 4.93. The van der Waals surface area contributed by atoms with Crippen molar-refractivity contribution in [2.24, 2.45) is 5.92 Å². The summed E-state index contributed by atoms with van der Waals surface area (Å²) in [4.78, 5) is 2.34. The molecular weight excluding hydrogens is 224 g/mol. The zero-order chi connectivity index (χ0) is 12.8. The lowest BCUT2D eigenvalue weighted by atomic mass is 10.1. The SMILES string of the molecule is CC(C)CNCc1ccc(N2CCCCC2)nn1. The van der Waals surface area contributed by atoms with Crippen LogP contribution in [0.1, 0.15) is 38.8 Å². The lowest BCUT2D eigenvalue weighted by Gasteiger charge is -2.27. The van der Waals surface area contributed by atoms with Gasteiger partial charge < -0.3 is 10.2 Å². The zero-order valence-corrected chi connectivity index (χ0v) is 11.5. The van der Waals surface area contributed by atoms with Crippen molar-refractivity contribution in [3.8, 4) is 0 Å². The molecular formula is C14H24N4. The highest BCUT2D eigenvalue weighted by Crippen LogP contribution is 2.16. The Morgan fingerprint density at radius 3 is 2.56 bits per heavy atom. The van der Waals surface area contributed by atoms with E-state index in [0.717, 1.165) is 37.7 Å². The number of nitrogens with one attached hydrogen (secondary N) is 1. The first-order chi connectivity index (χ1) is 8.75. The van der Waals surface area contributed by atoms with Crippen LogP contribution in [0.5, 0.6) is 0 Å². The summed E-state index contributed by atoms with van der Waals surface area (Å²) in [6, 6.07) is 4.19. The second-order valence-electron chi connectivity index (χ2n) is 5.46. The van der Waals surface area contributed by atoms with Crippen LogP contribution in [0.15, 0.2) is 12.1 Å². The molecule has 2 heterocycles. The highest BCUT2D eigenvalue weighted by Gasteiger charge is 2.12. The van der Waals surface area contributed by atoms with Gasteiger partial charge in [-0.05, 0) is 43.9 Å². The van der Waals surface area contributed by atoms with E-state index in [0.29, 0.717) is 5.92 Å². The van der Waals surface area contributed by atoms with Crippen LogP contribution in [0.3, 0.4) is 0 Å². The van der Waals surface area contributed by atoms with Gasteiger partial charge in [0.15, 0.2) is 5.82 Å². The molecule has 1 aliphatic rings. The number of nitrogens with zero attached hydrogens (tertiary/aromatic N) is 3. The van der Waals surface area contributed by atoms with Crippen molar-refractivity contribution in [2.75, 3.05) is 24.5 Å². The fourth-order valence-electron chi connectivity index (χ4n) is 2.23. The van der Waals surface area contributed by atoms with Crippen LogP contribution in [0.4, 0.5) is 5.82 Å². The molecule has 1 aromatic rings. The van der Waals surface area contributed by atoms with Crippen LogP contribution >= 0.6 is 0 Å². The van der Waals surface area contributed by atoms with Crippen LogP contribution < -0.4 is 10.2 Å². The van der Waals surface area contributed by atoms with Crippen LogP contribution in [0.2, 0.25) is 0 Å². The smallest absolute Gasteiger partial charge is 0.151 e. The van der Waals surface area contributed by atoms with Gasteiger partial charge in [0.25, 0.3) is 0 Å². The maximum Gasteiger partial charge on any atom is 0.151 e. The zero-order valence-electron chi connectivity index (χ0n) is 11.5. The van der Waals surface area contributed by atoms with Gasteiger partial charge in [-0.3, -0.25) is 0 Å². The molecule has 4 heteroatoms. The molecule has 1 N–H and O–H groups in total. The minimum absolute atomic E-state index is 0.672. The van der Waals surface area contributed by atoms with Crippen molar-refractivity contribution < 1.29 is 0 Å². The number of piperidine rings is 1. The molecule has 1 aromatic heterocycles. The van der Waals surface area contributed by atoms with Crippen molar-refractivity contribution in [3.05, 3.63) is 17.8 Å². The fraction of sp³-hybridized carbons (Fsp3) is 0.714. The Hall–Kier alpha value is -1.16. The average Bonchev–Trinajstić information content (AvgIpc) is 2.40. The van der Waals surface area contributed by atoms with E-state index in [1.54, 1.807) is 0 Å². The molecule has 0 aliphatic carbocycles. The standard InChI is InChI=1S/C14H24N4/c1-12(2)10-15-11-13-6-7-14(17-16-13)18-8-4-3-5-9-18/h6-7,12,15H,3-5,8-11H2,1-2H3. The van der Waals surface area contributed by atoms with E-state index in [1.165, 1.54) is 19.3 Å². The van der Waals surface area contributed by atoms with Gasteiger partial charge in [-0.25, -0.2) is 0 Å². The number of hydrogen-bond donors (Lipinski definition) is 1. The van der Waals surface area contributed by atoms with E-state index in [1.807, 2.05) is 0 Å². The molecule has 0 amide bonds. The predicted molar refractivity (Wildman–Crippen MR) is 74.6 cm³/mol. The summed E-state index contributed by atoms with van der Waals surface area (Å²) in [6.07, 6.45) is 3.90. The summed E-state index contributed by atoms with van der Waals surface area (Å²) in [5.41, 5.74) is 1.02. The summed E-state index contributed by atoms with van der Waals surface area (Å²) in [6.45, 7) is 8.50. The van der Waals surface area contributed by atoms with E-state index in [4.69, 9.17) is 0 Å². The van der Waals surface area contributed by atoms with Crippen LogP contribution in [-0.4, -0.2) is 29.8 Å². The third-order valence-electron chi connectivity index (χ3n) is 3.24. The molecule has 0 atom stereocenters. The van der Waals surface area contributed by atoms with Crippen LogP contribution in [-0.2, 0) is 6.54 Å². The first-order valence-corrected chi connectivity index (χ1v) is 7.04. The van der Waals surface area contributed by atoms with Gasteiger partial charge in [-0.2, -0.15) is 5.10 Å². The second-order valence-corrected chi connectivity index (χ2v) is 5.46. The third kappa shape index (κ3) is 3.95. The van der Waals surface area contributed by atoms with Crippen molar-refractivity contribution in [3.63, 3.8) is 0 Å². The summed E-state index contributed by atoms with van der Waals surface area (Å²) < 4.78 is 0. The second kappa shape index (κ2) is 6.69. The topological polar surface area (TPSA) is 41.0 Å². The third-order valence-corrected chi connectivity index (χ3v) is 3.24. The van der Waals surface area contributed by atoms with E-state index < -0.39 is 0 Å². The Morgan fingerprint density at radius 1 is 1.17 bits per heavy atom. The molecule has 0 radical (unpaired) electrons. The molecule has 1 aliphatic heterocycles. The molecule has 2 rings (SSSR count). The largest absolute Gasteiger partial charge is 0.355 e. The molecule has 1 saturated heterocycles. The lowest BCUT2D eigenvalue weighted by Crippen LogP contribution is -2.30. The summed E-state index contributed by atoms with van der Waals surface area (Å²) >= 11 is 0. The molecule has 0 aromatic carbocycles. The normalized spacial score (nSPS) is 16.3. The molecule has 100 valence electrons. The molecule has 0 saturated carbocycles. The fourth-order valence-corrected chi connectivity index (χ4v) is 2.23. The number of aromatic nitrogens is 2. The van der Waals surface area contributed by atoms with E-state index >= 15 is 0 Å². The maximum absolute atomic E-state index is 4.34. The molecule has 4 nitrogen and oxygen atoms in total. The van der Waals surface area contributed by atoms with E-state index in [9.17, 15) is 0 Å². The van der Waals surface area contributed by atoms with Crippen LogP contribution in [0, 0.1) is 5.92 Å². The van der Waals surface area contributed by atoms with Crippen molar-refractivity contribution in [2.45, 2.75) is 39.7 Å². The Morgan fingerprint density at radius 2 is 1.94 bits per heavy atom. The molecule has 1 fully saturated rings. The van der Waals surface area contributed by atoms with E-state index in [-0.39, 0.29) is 0 Å². The predicted octanol–water partition coefficient (Wildman–Crippen LogP) is 2.21. The Balaban J connectivity index is 1.84. The first-order valence-electron chi connectivity index (χ1n) is 7.04. The van der Waals surface area contributed by atoms with Crippen molar-refractivity contribution >= 4 is 5.82 Å². The van der Waals surface area contributed by atoms with Gasteiger partial charge in [0.05, 0.1) is 5.69 Å². The van der Waals surface area contributed by atoms with Gasteiger partial charge in [0.1, 0.15) is 0 Å². The summed E-state index contributed by atoms with van der Waals surface area (Å²) in [5, 5.41) is 12.0. The minimum atomic E-state index is 0.672. The number of anilines is 1. The Bertz CT molecular complexity index is 341. The monoisotopic (exact) mass is 248 g/mol. The quantitative estimate of drug-likeness (QED) is 0.867. The first kappa shape index (κ1) is 13.3. The average molecular weight is 248 g/mol. The lowest BCUT2D eigenvalue weighted by molar-refractivity contribution is 0.544. The summed E-state index contributed by atoms with van der Waals surface area (Å²) in [5.74, 6) is 1.70. The van der Waals surface area contributed by atoms with Gasteiger partial charge in [0.2, 0.25) is 0 Å². The van der Waals surface area contributed by atoms with Crippen molar-refractivity contribution in [1.29, 1.82) is 0 Å². The van der Waals surface area contributed by atoms with Gasteiger partial charge in [0, 0.05) is 19.6 Å². The van der Waals surface area contributed by atoms with Crippen molar-refractivity contribution in [1.82, 2.24) is 15.5 Å². The van der Waals surface area contributed by atoms with Gasteiger partial charge in [-0.15, -0.1) is 5.10 Å². The highest BCUT2D eigenvalue weighted by molar-refractivity contribution is 5.37. The number of hydrogen-bond acceptors (Lipinski definition) is 4. The summed E-state index contributed by atoms with van der Waals surface area (Å²) in [7, 11) is 0. The van der Waals surface area contributed by atoms with Gasteiger partial charge >= 0.3 is 0 Å². The highest BCUT2D eigenvalue weighted by atomic mass is 15.3. The minimum Gasteiger partial charge on any atom is -0.355 e. The molecule has 0 bridgehead atoms. The molecule has 0 spiro atoms. The Labute approximate surface area is 110 Å². The van der Waals surface area contributed by atoms with Crippen LogP contribution in [0.25, 0.3) is 0 Å². The molecule has 0 unspecified atom stereocenters.